The average molecular weight is 741 g/mol. The van der Waals surface area contributed by atoms with Gasteiger partial charge in [-0.05, 0) is 73.0 Å². The molecule has 0 heterocycles. The minimum atomic E-state index is -4.30. The summed E-state index contributed by atoms with van der Waals surface area (Å²) in [5, 5.41) is 3.38. The van der Waals surface area contributed by atoms with Gasteiger partial charge in [0.25, 0.3) is 10.0 Å². The summed E-state index contributed by atoms with van der Waals surface area (Å²) in [5.41, 5.74) is 1.85. The van der Waals surface area contributed by atoms with Crippen molar-refractivity contribution >= 4 is 55.1 Å². The van der Waals surface area contributed by atoms with Crippen LogP contribution < -0.4 is 14.4 Å². The number of amides is 2. The molecule has 0 saturated carbocycles. The lowest BCUT2D eigenvalue weighted by Gasteiger charge is -2.34. The predicted octanol–water partition coefficient (Wildman–Crippen LogP) is 7.25. The molecule has 4 aromatic carbocycles. The molecule has 1 atom stereocenters. The van der Waals surface area contributed by atoms with E-state index in [4.69, 9.17) is 16.3 Å². The third-order valence-corrected chi connectivity index (χ3v) is 10.0. The van der Waals surface area contributed by atoms with Gasteiger partial charge in [-0.2, -0.15) is 0 Å². The number of hydrogen-bond acceptors (Lipinski definition) is 5. The molecule has 248 valence electrons. The van der Waals surface area contributed by atoms with Gasteiger partial charge in [0.15, 0.2) is 0 Å². The highest BCUT2D eigenvalue weighted by Gasteiger charge is 2.35. The van der Waals surface area contributed by atoms with Crippen LogP contribution in [0.3, 0.4) is 0 Å². The van der Waals surface area contributed by atoms with Crippen LogP contribution in [0.25, 0.3) is 0 Å². The van der Waals surface area contributed by atoms with Crippen molar-refractivity contribution < 1.29 is 22.7 Å². The zero-order chi connectivity index (χ0) is 33.8. The molecule has 0 saturated heterocycles. The van der Waals surface area contributed by atoms with Crippen molar-refractivity contribution in [2.24, 2.45) is 0 Å². The molecule has 4 rings (SSSR count). The first-order valence-electron chi connectivity index (χ1n) is 15.5. The molecule has 2 amide bonds. The van der Waals surface area contributed by atoms with E-state index in [1.807, 2.05) is 61.5 Å². The summed E-state index contributed by atoms with van der Waals surface area (Å²) in [6, 6.07) is 28.5. The smallest absolute Gasteiger partial charge is 0.264 e. The lowest BCUT2D eigenvalue weighted by atomic mass is 10.0. The van der Waals surface area contributed by atoms with Crippen molar-refractivity contribution in [3.05, 3.63) is 124 Å². The van der Waals surface area contributed by atoms with E-state index in [2.05, 4.69) is 21.2 Å². The fourth-order valence-corrected chi connectivity index (χ4v) is 6.85. The lowest BCUT2D eigenvalue weighted by Crippen LogP contribution is -2.53. The van der Waals surface area contributed by atoms with E-state index in [0.29, 0.717) is 17.3 Å². The van der Waals surface area contributed by atoms with Crippen LogP contribution in [-0.4, -0.2) is 50.9 Å². The molecule has 0 bridgehead atoms. The number of para-hydroxylation sites is 2. The average Bonchev–Trinajstić information content (AvgIpc) is 3.07. The first-order chi connectivity index (χ1) is 22.6. The Morgan fingerprint density at radius 3 is 2.19 bits per heavy atom. The maximum atomic E-state index is 14.6. The molecular formula is C36H39BrClN3O5S. The number of rotatable bonds is 16. The van der Waals surface area contributed by atoms with Crippen LogP contribution in [0, 0.1) is 0 Å². The van der Waals surface area contributed by atoms with Gasteiger partial charge in [-0.25, -0.2) is 8.42 Å². The SMILES string of the molecule is CCCCNC(=O)C(Cc1ccccc1)N(Cc1ccc(Br)cc1)C(=O)CN(c1ccccc1OCC)S(=O)(=O)c1ccc(Cl)cc1. The molecule has 0 aliphatic heterocycles. The number of carbonyl (C=O) groups excluding carboxylic acids is 2. The van der Waals surface area contributed by atoms with Gasteiger partial charge in [0.1, 0.15) is 18.3 Å². The highest BCUT2D eigenvalue weighted by Crippen LogP contribution is 2.33. The largest absolute Gasteiger partial charge is 0.492 e. The van der Waals surface area contributed by atoms with Gasteiger partial charge in [0.2, 0.25) is 11.8 Å². The van der Waals surface area contributed by atoms with Gasteiger partial charge in [-0.15, -0.1) is 0 Å². The van der Waals surface area contributed by atoms with Gasteiger partial charge >= 0.3 is 0 Å². The topological polar surface area (TPSA) is 96.0 Å². The van der Waals surface area contributed by atoms with Crippen molar-refractivity contribution in [2.75, 3.05) is 24.0 Å². The molecule has 4 aromatic rings. The molecule has 1 N–H and O–H groups in total. The van der Waals surface area contributed by atoms with E-state index in [0.717, 1.165) is 32.7 Å². The summed E-state index contributed by atoms with van der Waals surface area (Å²) in [6.45, 7) is 4.07. The molecule has 0 aliphatic carbocycles. The third-order valence-electron chi connectivity index (χ3n) is 7.48. The number of nitrogens with zero attached hydrogens (tertiary/aromatic N) is 2. The maximum absolute atomic E-state index is 14.6. The second-order valence-electron chi connectivity index (χ2n) is 10.9. The molecular weight excluding hydrogens is 702 g/mol. The Labute approximate surface area is 290 Å². The minimum Gasteiger partial charge on any atom is -0.492 e. The second kappa shape index (κ2) is 17.3. The van der Waals surface area contributed by atoms with Crippen LogP contribution in [0.1, 0.15) is 37.8 Å². The summed E-state index contributed by atoms with van der Waals surface area (Å²) >= 11 is 9.54. The van der Waals surface area contributed by atoms with Crippen LogP contribution in [0.2, 0.25) is 5.02 Å². The second-order valence-corrected chi connectivity index (χ2v) is 14.1. The third kappa shape index (κ3) is 9.82. The first kappa shape index (κ1) is 36.0. The van der Waals surface area contributed by atoms with Crippen LogP contribution in [0.4, 0.5) is 5.69 Å². The van der Waals surface area contributed by atoms with Crippen molar-refractivity contribution in [1.82, 2.24) is 10.2 Å². The summed E-state index contributed by atoms with van der Waals surface area (Å²) in [7, 11) is -4.30. The van der Waals surface area contributed by atoms with Gasteiger partial charge in [0, 0.05) is 29.0 Å². The van der Waals surface area contributed by atoms with E-state index >= 15 is 0 Å². The number of anilines is 1. The van der Waals surface area contributed by atoms with Gasteiger partial charge in [-0.3, -0.25) is 13.9 Å². The number of halogens is 2. The van der Waals surface area contributed by atoms with Crippen LogP contribution >= 0.6 is 27.5 Å². The molecule has 0 fully saturated rings. The molecule has 0 aromatic heterocycles. The van der Waals surface area contributed by atoms with E-state index in [-0.39, 0.29) is 36.1 Å². The Morgan fingerprint density at radius 1 is 0.872 bits per heavy atom. The fraction of sp³-hybridized carbons (Fsp3) is 0.278. The Bertz CT molecular complexity index is 1720. The number of sulfonamides is 1. The zero-order valence-electron chi connectivity index (χ0n) is 26.4. The Kier molecular flexibility index (Phi) is 13.3. The number of nitrogens with one attached hydrogen (secondary N) is 1. The van der Waals surface area contributed by atoms with Crippen molar-refractivity contribution in [2.45, 2.75) is 50.6 Å². The van der Waals surface area contributed by atoms with Crippen molar-refractivity contribution in [3.8, 4) is 5.75 Å². The summed E-state index contributed by atoms with van der Waals surface area (Å²) < 4.78 is 36.3. The molecule has 0 aliphatic rings. The van der Waals surface area contributed by atoms with E-state index < -0.39 is 28.5 Å². The molecule has 0 spiro atoms. The fourth-order valence-electron chi connectivity index (χ4n) is 5.03. The first-order valence-corrected chi connectivity index (χ1v) is 18.1. The number of ether oxygens (including phenoxy) is 1. The number of benzene rings is 4. The summed E-state index contributed by atoms with van der Waals surface area (Å²) in [6.07, 6.45) is 1.91. The normalized spacial score (nSPS) is 11.8. The van der Waals surface area contributed by atoms with Gasteiger partial charge in [0.05, 0.1) is 17.2 Å². The number of unbranched alkanes of at least 4 members (excludes halogenated alkanes) is 1. The predicted molar refractivity (Wildman–Crippen MR) is 190 cm³/mol. The Balaban J connectivity index is 1.82. The highest BCUT2D eigenvalue weighted by atomic mass is 79.9. The van der Waals surface area contributed by atoms with Crippen molar-refractivity contribution in [3.63, 3.8) is 0 Å². The molecule has 1 unspecified atom stereocenters. The summed E-state index contributed by atoms with van der Waals surface area (Å²) in [5.74, 6) is -0.559. The number of carbonyl (C=O) groups is 2. The maximum Gasteiger partial charge on any atom is 0.264 e. The minimum absolute atomic E-state index is 0.0430. The van der Waals surface area contributed by atoms with E-state index in [1.54, 1.807) is 31.2 Å². The molecule has 0 radical (unpaired) electrons. The quantitative estimate of drug-likeness (QED) is 0.122. The van der Waals surface area contributed by atoms with Crippen LogP contribution in [0.5, 0.6) is 5.75 Å². The van der Waals surface area contributed by atoms with Crippen LogP contribution in [0.15, 0.2) is 112 Å². The standard InChI is InChI=1S/C36H39BrClN3O5S/c1-3-5-23-39-36(43)33(24-27-11-7-6-8-12-27)40(25-28-15-17-29(37)18-16-28)35(42)26-41(32-13-9-10-14-34(32)46-4-2)47(44,45)31-21-19-30(38)20-22-31/h6-22,33H,3-5,23-26H2,1-2H3,(H,39,43). The van der Waals surface area contributed by atoms with Gasteiger partial charge in [-0.1, -0.05) is 95.5 Å². The summed E-state index contributed by atoms with van der Waals surface area (Å²) in [4.78, 5) is 29.9. The lowest BCUT2D eigenvalue weighted by molar-refractivity contribution is -0.140. The molecule has 47 heavy (non-hydrogen) atoms. The van der Waals surface area contributed by atoms with Crippen LogP contribution in [-0.2, 0) is 32.6 Å². The van der Waals surface area contributed by atoms with E-state index in [9.17, 15) is 18.0 Å². The highest BCUT2D eigenvalue weighted by molar-refractivity contribution is 9.10. The zero-order valence-corrected chi connectivity index (χ0v) is 29.6. The van der Waals surface area contributed by atoms with E-state index in [1.165, 1.54) is 29.2 Å². The molecule has 8 nitrogen and oxygen atoms in total. The number of hydrogen-bond donors (Lipinski definition) is 1. The van der Waals surface area contributed by atoms with Gasteiger partial charge < -0.3 is 15.0 Å². The molecule has 11 heteroatoms. The van der Waals surface area contributed by atoms with Crippen molar-refractivity contribution in [1.29, 1.82) is 0 Å². The Hall–Kier alpha value is -3.86. The monoisotopic (exact) mass is 739 g/mol. The Morgan fingerprint density at radius 2 is 1.53 bits per heavy atom.